The zero-order chi connectivity index (χ0) is 11.7. The van der Waals surface area contributed by atoms with E-state index >= 15 is 0 Å². The van der Waals surface area contributed by atoms with Gasteiger partial charge >= 0.3 is 0 Å². The molecule has 0 aliphatic rings. The van der Waals surface area contributed by atoms with Gasteiger partial charge in [-0.3, -0.25) is 0 Å². The van der Waals surface area contributed by atoms with Gasteiger partial charge in [0, 0.05) is 0 Å². The molecular formula is C11H5ClF3N. The Morgan fingerprint density at radius 1 is 0.938 bits per heavy atom. The number of hydrogen-bond donors (Lipinski definition) is 0. The molecule has 0 bridgehead atoms. The second kappa shape index (κ2) is 4.14. The number of hydrogen-bond acceptors (Lipinski definition) is 1. The molecule has 2 aromatic rings. The molecule has 0 aliphatic carbocycles. The fourth-order valence-corrected chi connectivity index (χ4v) is 1.47. The summed E-state index contributed by atoms with van der Waals surface area (Å²) in [7, 11) is 0. The Morgan fingerprint density at radius 2 is 1.56 bits per heavy atom. The van der Waals surface area contributed by atoms with Gasteiger partial charge in [-0.15, -0.1) is 0 Å². The first-order valence-corrected chi connectivity index (χ1v) is 4.74. The SMILES string of the molecule is Fc1nc(F)c(-c2ccccc2)c(F)c1Cl. The van der Waals surface area contributed by atoms with Gasteiger partial charge in [-0.05, 0) is 5.56 Å². The molecule has 1 aromatic carbocycles. The highest BCUT2D eigenvalue weighted by Gasteiger charge is 2.19. The fraction of sp³-hybridized carbons (Fsp3) is 0. The van der Waals surface area contributed by atoms with Crippen molar-refractivity contribution in [2.45, 2.75) is 0 Å². The predicted molar refractivity (Wildman–Crippen MR) is 54.6 cm³/mol. The van der Waals surface area contributed by atoms with Crippen molar-refractivity contribution >= 4 is 11.6 Å². The van der Waals surface area contributed by atoms with E-state index in [-0.39, 0.29) is 5.56 Å². The lowest BCUT2D eigenvalue weighted by Gasteiger charge is -2.06. The molecule has 0 saturated carbocycles. The average Bonchev–Trinajstić information content (AvgIpc) is 2.28. The lowest BCUT2D eigenvalue weighted by atomic mass is 10.1. The van der Waals surface area contributed by atoms with E-state index in [1.165, 1.54) is 12.1 Å². The summed E-state index contributed by atoms with van der Waals surface area (Å²) in [4.78, 5) is 2.91. The first kappa shape index (κ1) is 11.0. The topological polar surface area (TPSA) is 12.9 Å². The zero-order valence-electron chi connectivity index (χ0n) is 7.85. The van der Waals surface area contributed by atoms with Crippen LogP contribution in [0.25, 0.3) is 11.1 Å². The van der Waals surface area contributed by atoms with Crippen molar-refractivity contribution in [1.29, 1.82) is 0 Å². The summed E-state index contributed by atoms with van der Waals surface area (Å²) in [6, 6.07) is 7.86. The summed E-state index contributed by atoms with van der Waals surface area (Å²) in [6.45, 7) is 0. The number of nitrogens with zero attached hydrogens (tertiary/aromatic N) is 1. The van der Waals surface area contributed by atoms with Crippen LogP contribution in [-0.4, -0.2) is 4.98 Å². The molecule has 2 rings (SSSR count). The van der Waals surface area contributed by atoms with Gasteiger partial charge in [-0.25, -0.2) is 4.39 Å². The maximum atomic E-state index is 13.6. The molecule has 1 aromatic heterocycles. The first-order valence-electron chi connectivity index (χ1n) is 4.36. The van der Waals surface area contributed by atoms with Crippen molar-refractivity contribution < 1.29 is 13.2 Å². The maximum Gasteiger partial charge on any atom is 0.237 e. The summed E-state index contributed by atoms with van der Waals surface area (Å²) >= 11 is 5.33. The molecule has 0 atom stereocenters. The van der Waals surface area contributed by atoms with Crippen molar-refractivity contribution in [3.8, 4) is 11.1 Å². The van der Waals surface area contributed by atoms with Gasteiger partial charge in [-0.2, -0.15) is 13.8 Å². The van der Waals surface area contributed by atoms with Crippen LogP contribution in [0.1, 0.15) is 0 Å². The van der Waals surface area contributed by atoms with Gasteiger partial charge < -0.3 is 0 Å². The van der Waals surface area contributed by atoms with Gasteiger partial charge in [0.15, 0.2) is 5.82 Å². The van der Waals surface area contributed by atoms with Crippen molar-refractivity contribution in [1.82, 2.24) is 4.98 Å². The normalized spacial score (nSPS) is 10.5. The molecule has 1 nitrogen and oxygen atoms in total. The number of pyridine rings is 1. The molecule has 0 fully saturated rings. The number of rotatable bonds is 1. The number of aromatic nitrogens is 1. The molecule has 82 valence electrons. The molecular weight excluding hydrogens is 239 g/mol. The third kappa shape index (κ3) is 1.76. The van der Waals surface area contributed by atoms with Crippen molar-refractivity contribution in [2.24, 2.45) is 0 Å². The summed E-state index contributed by atoms with van der Waals surface area (Å²) in [5.74, 6) is -3.71. The smallest absolute Gasteiger partial charge is 0.204 e. The predicted octanol–water partition coefficient (Wildman–Crippen LogP) is 3.82. The van der Waals surface area contributed by atoms with Crippen molar-refractivity contribution in [3.63, 3.8) is 0 Å². The van der Waals surface area contributed by atoms with E-state index in [9.17, 15) is 13.2 Å². The monoisotopic (exact) mass is 243 g/mol. The van der Waals surface area contributed by atoms with Crippen LogP contribution < -0.4 is 0 Å². The van der Waals surface area contributed by atoms with Crippen molar-refractivity contribution in [2.75, 3.05) is 0 Å². The highest BCUT2D eigenvalue weighted by atomic mass is 35.5. The lowest BCUT2D eigenvalue weighted by Crippen LogP contribution is -1.99. The average molecular weight is 244 g/mol. The molecule has 0 aliphatic heterocycles. The Bertz CT molecular complexity index is 528. The Morgan fingerprint density at radius 3 is 2.19 bits per heavy atom. The van der Waals surface area contributed by atoms with E-state index < -0.39 is 28.3 Å². The van der Waals surface area contributed by atoms with E-state index in [4.69, 9.17) is 11.6 Å². The quantitative estimate of drug-likeness (QED) is 0.694. The molecule has 1 heterocycles. The molecule has 0 amide bonds. The van der Waals surface area contributed by atoms with Gasteiger partial charge in [-0.1, -0.05) is 41.9 Å². The van der Waals surface area contributed by atoms with E-state index in [0.29, 0.717) is 0 Å². The third-order valence-corrected chi connectivity index (χ3v) is 2.38. The molecule has 16 heavy (non-hydrogen) atoms. The second-order valence-electron chi connectivity index (χ2n) is 3.06. The fourth-order valence-electron chi connectivity index (χ4n) is 1.33. The summed E-state index contributed by atoms with van der Waals surface area (Å²) in [6.07, 6.45) is 0. The standard InChI is InChI=1S/C11H5ClF3N/c12-8-9(13)7(10(14)16-11(8)15)6-4-2-1-3-5-6/h1-5H. The molecule has 0 unspecified atom stereocenters. The van der Waals surface area contributed by atoms with Crippen LogP contribution in [0.5, 0.6) is 0 Å². The number of benzene rings is 1. The molecule has 0 spiro atoms. The van der Waals surface area contributed by atoms with E-state index in [1.54, 1.807) is 18.2 Å². The van der Waals surface area contributed by atoms with Gasteiger partial charge in [0.1, 0.15) is 5.02 Å². The summed E-state index contributed by atoms with van der Waals surface area (Å²) in [5, 5.41) is -0.805. The van der Waals surface area contributed by atoms with E-state index in [1.807, 2.05) is 0 Å². The van der Waals surface area contributed by atoms with Gasteiger partial charge in [0.25, 0.3) is 0 Å². The Labute approximate surface area is 94.5 Å². The minimum atomic E-state index is -1.35. The highest BCUT2D eigenvalue weighted by molar-refractivity contribution is 6.31. The van der Waals surface area contributed by atoms with Crippen LogP contribution in [-0.2, 0) is 0 Å². The van der Waals surface area contributed by atoms with Crippen LogP contribution in [0.15, 0.2) is 30.3 Å². The van der Waals surface area contributed by atoms with Crippen LogP contribution >= 0.6 is 11.6 Å². The van der Waals surface area contributed by atoms with Crippen LogP contribution in [0, 0.1) is 17.7 Å². The van der Waals surface area contributed by atoms with Gasteiger partial charge in [0.2, 0.25) is 11.9 Å². The minimum Gasteiger partial charge on any atom is -0.204 e. The molecule has 0 N–H and O–H groups in total. The molecule has 0 saturated heterocycles. The Kier molecular flexibility index (Phi) is 2.83. The van der Waals surface area contributed by atoms with Gasteiger partial charge in [0.05, 0.1) is 5.56 Å². The largest absolute Gasteiger partial charge is 0.237 e. The molecule has 5 heteroatoms. The summed E-state index contributed by atoms with van der Waals surface area (Å²) in [5.41, 5.74) is -0.168. The van der Waals surface area contributed by atoms with Crippen molar-refractivity contribution in [3.05, 3.63) is 53.1 Å². The van der Waals surface area contributed by atoms with Crippen LogP contribution in [0.3, 0.4) is 0 Å². The van der Waals surface area contributed by atoms with E-state index in [0.717, 1.165) is 0 Å². The first-order chi connectivity index (χ1) is 7.61. The zero-order valence-corrected chi connectivity index (χ0v) is 8.60. The number of halogens is 4. The second-order valence-corrected chi connectivity index (χ2v) is 3.44. The molecule has 0 radical (unpaired) electrons. The third-order valence-electron chi connectivity index (χ3n) is 2.06. The summed E-state index contributed by atoms with van der Waals surface area (Å²) < 4.78 is 39.7. The van der Waals surface area contributed by atoms with Crippen LogP contribution in [0.4, 0.5) is 13.2 Å². The maximum absolute atomic E-state index is 13.6. The minimum absolute atomic E-state index is 0.256. The van der Waals surface area contributed by atoms with Crippen LogP contribution in [0.2, 0.25) is 5.02 Å². The lowest BCUT2D eigenvalue weighted by molar-refractivity contribution is 0.492. The van der Waals surface area contributed by atoms with E-state index in [2.05, 4.69) is 4.98 Å². The Hall–Kier alpha value is -1.55. The highest BCUT2D eigenvalue weighted by Crippen LogP contribution is 2.30. The Balaban J connectivity index is 2.71.